The molecule has 0 aromatic carbocycles. The van der Waals surface area contributed by atoms with Gasteiger partial charge in [0.15, 0.2) is 0 Å². The van der Waals surface area contributed by atoms with E-state index in [-0.39, 0.29) is 18.2 Å². The van der Waals surface area contributed by atoms with Crippen LogP contribution in [0.2, 0.25) is 0 Å². The SMILES string of the molecule is CC(C)(N)CN1C(=O)CCCS1(=O)=O. The zero-order chi connectivity index (χ0) is 11.0. The van der Waals surface area contributed by atoms with Gasteiger partial charge >= 0.3 is 0 Å². The van der Waals surface area contributed by atoms with E-state index in [0.717, 1.165) is 4.31 Å². The Bertz CT molecular complexity index is 329. The largest absolute Gasteiger partial charge is 0.324 e. The van der Waals surface area contributed by atoms with E-state index < -0.39 is 15.6 Å². The summed E-state index contributed by atoms with van der Waals surface area (Å²) in [5.41, 5.74) is 5.01. The summed E-state index contributed by atoms with van der Waals surface area (Å²) in [6, 6.07) is 0. The van der Waals surface area contributed by atoms with Gasteiger partial charge in [-0.3, -0.25) is 4.79 Å². The minimum absolute atomic E-state index is 0.0504. The number of rotatable bonds is 2. The van der Waals surface area contributed by atoms with Gasteiger partial charge in [-0.15, -0.1) is 0 Å². The molecule has 1 rings (SSSR count). The van der Waals surface area contributed by atoms with Crippen molar-refractivity contribution in [3.05, 3.63) is 0 Å². The Morgan fingerprint density at radius 1 is 1.50 bits per heavy atom. The number of sulfonamides is 1. The first-order valence-electron chi connectivity index (χ1n) is 4.54. The van der Waals surface area contributed by atoms with Crippen molar-refractivity contribution < 1.29 is 13.2 Å². The molecule has 82 valence electrons. The Balaban J connectivity index is 2.87. The number of nitrogens with zero attached hydrogens (tertiary/aromatic N) is 1. The standard InChI is InChI=1S/C8H16N2O3S/c1-8(2,9)6-10-7(11)4-3-5-14(10,12)13/h3-6,9H2,1-2H3. The molecule has 0 radical (unpaired) electrons. The fourth-order valence-electron chi connectivity index (χ4n) is 1.35. The molecule has 1 amide bonds. The summed E-state index contributed by atoms with van der Waals surface area (Å²) in [5, 5.41) is 0. The molecule has 0 unspecified atom stereocenters. The Kier molecular flexibility index (Phi) is 2.87. The lowest BCUT2D eigenvalue weighted by molar-refractivity contribution is -0.127. The van der Waals surface area contributed by atoms with E-state index in [2.05, 4.69) is 0 Å². The van der Waals surface area contributed by atoms with Crippen LogP contribution in [0.3, 0.4) is 0 Å². The molecule has 0 atom stereocenters. The van der Waals surface area contributed by atoms with Crippen molar-refractivity contribution in [2.45, 2.75) is 32.2 Å². The van der Waals surface area contributed by atoms with Gasteiger partial charge in [0.25, 0.3) is 0 Å². The molecule has 0 aromatic rings. The highest BCUT2D eigenvalue weighted by Crippen LogP contribution is 2.17. The number of hydrogen-bond acceptors (Lipinski definition) is 4. The Morgan fingerprint density at radius 2 is 2.07 bits per heavy atom. The molecule has 1 heterocycles. The van der Waals surface area contributed by atoms with E-state index in [0.29, 0.717) is 12.8 Å². The van der Waals surface area contributed by atoms with Crippen molar-refractivity contribution in [3.63, 3.8) is 0 Å². The normalized spacial score (nSPS) is 22.5. The lowest BCUT2D eigenvalue weighted by Gasteiger charge is -2.31. The van der Waals surface area contributed by atoms with Gasteiger partial charge < -0.3 is 5.73 Å². The summed E-state index contributed by atoms with van der Waals surface area (Å²) >= 11 is 0. The Hall–Kier alpha value is -0.620. The summed E-state index contributed by atoms with van der Waals surface area (Å²) in [6.07, 6.45) is 0.720. The van der Waals surface area contributed by atoms with Crippen LogP contribution in [0.1, 0.15) is 26.7 Å². The highest BCUT2D eigenvalue weighted by atomic mass is 32.2. The monoisotopic (exact) mass is 220 g/mol. The fourth-order valence-corrected chi connectivity index (χ4v) is 3.01. The summed E-state index contributed by atoms with van der Waals surface area (Å²) in [6.45, 7) is 3.46. The van der Waals surface area contributed by atoms with Gasteiger partial charge in [0.2, 0.25) is 15.9 Å². The van der Waals surface area contributed by atoms with Crippen LogP contribution >= 0.6 is 0 Å². The van der Waals surface area contributed by atoms with Crippen molar-refractivity contribution in [2.24, 2.45) is 5.73 Å². The first-order chi connectivity index (χ1) is 6.22. The van der Waals surface area contributed by atoms with Crippen molar-refractivity contribution in [1.82, 2.24) is 4.31 Å². The molecule has 2 N–H and O–H groups in total. The van der Waals surface area contributed by atoms with Gasteiger partial charge in [-0.05, 0) is 20.3 Å². The van der Waals surface area contributed by atoms with Gasteiger partial charge in [0, 0.05) is 12.0 Å². The van der Waals surface area contributed by atoms with E-state index in [1.807, 2.05) is 0 Å². The van der Waals surface area contributed by atoms with Crippen LogP contribution in [0.5, 0.6) is 0 Å². The van der Waals surface area contributed by atoms with E-state index in [4.69, 9.17) is 5.73 Å². The average molecular weight is 220 g/mol. The van der Waals surface area contributed by atoms with Gasteiger partial charge in [0.1, 0.15) is 0 Å². The molecular weight excluding hydrogens is 204 g/mol. The van der Waals surface area contributed by atoms with Crippen LogP contribution < -0.4 is 5.73 Å². The second-order valence-electron chi connectivity index (χ2n) is 4.31. The second kappa shape index (κ2) is 3.51. The van der Waals surface area contributed by atoms with Crippen LogP contribution in [-0.4, -0.2) is 36.5 Å². The molecule has 1 aliphatic heterocycles. The molecule has 0 spiro atoms. The highest BCUT2D eigenvalue weighted by Gasteiger charge is 2.34. The Labute approximate surface area is 84.3 Å². The molecule has 0 bridgehead atoms. The number of carbonyl (C=O) groups is 1. The average Bonchev–Trinajstić information content (AvgIpc) is 1.95. The predicted octanol–water partition coefficient (Wildman–Crippen LogP) is -0.324. The summed E-state index contributed by atoms with van der Waals surface area (Å²) in [7, 11) is -3.40. The summed E-state index contributed by atoms with van der Waals surface area (Å²) in [5.74, 6) is -0.288. The van der Waals surface area contributed by atoms with Gasteiger partial charge in [0.05, 0.1) is 12.3 Å². The lowest BCUT2D eigenvalue weighted by Crippen LogP contribution is -2.52. The minimum atomic E-state index is -3.40. The van der Waals surface area contributed by atoms with Crippen molar-refractivity contribution in [2.75, 3.05) is 12.3 Å². The van der Waals surface area contributed by atoms with Gasteiger partial charge in [-0.1, -0.05) is 0 Å². The fraction of sp³-hybridized carbons (Fsp3) is 0.875. The smallest absolute Gasteiger partial charge is 0.237 e. The van der Waals surface area contributed by atoms with Gasteiger partial charge in [-0.2, -0.15) is 0 Å². The predicted molar refractivity (Wildman–Crippen MR) is 53.0 cm³/mol. The molecule has 6 heteroatoms. The topological polar surface area (TPSA) is 80.5 Å². The second-order valence-corrected chi connectivity index (χ2v) is 6.32. The van der Waals surface area contributed by atoms with Gasteiger partial charge in [-0.25, -0.2) is 12.7 Å². The van der Waals surface area contributed by atoms with E-state index in [9.17, 15) is 13.2 Å². The first kappa shape index (κ1) is 11.5. The number of amides is 1. The van der Waals surface area contributed by atoms with Crippen molar-refractivity contribution in [1.29, 1.82) is 0 Å². The first-order valence-corrected chi connectivity index (χ1v) is 6.15. The summed E-state index contributed by atoms with van der Waals surface area (Å²) < 4.78 is 24.0. The van der Waals surface area contributed by atoms with Crippen molar-refractivity contribution >= 4 is 15.9 Å². The maximum Gasteiger partial charge on any atom is 0.237 e. The number of nitrogens with two attached hydrogens (primary N) is 1. The zero-order valence-electron chi connectivity index (χ0n) is 8.49. The van der Waals surface area contributed by atoms with E-state index in [1.165, 1.54) is 0 Å². The van der Waals surface area contributed by atoms with Crippen LogP contribution in [0, 0.1) is 0 Å². The molecule has 0 aliphatic carbocycles. The van der Waals surface area contributed by atoms with Crippen LogP contribution in [-0.2, 0) is 14.8 Å². The quantitative estimate of drug-likeness (QED) is 0.691. The molecule has 1 fully saturated rings. The third-order valence-corrected chi connectivity index (χ3v) is 3.77. The molecule has 5 nitrogen and oxygen atoms in total. The molecule has 0 aromatic heterocycles. The van der Waals surface area contributed by atoms with Crippen LogP contribution in [0.4, 0.5) is 0 Å². The lowest BCUT2D eigenvalue weighted by atomic mass is 10.1. The minimum Gasteiger partial charge on any atom is -0.324 e. The third kappa shape index (κ3) is 2.68. The molecule has 1 saturated heterocycles. The Morgan fingerprint density at radius 3 is 2.50 bits per heavy atom. The molecule has 1 aliphatic rings. The molecule has 0 saturated carbocycles. The van der Waals surface area contributed by atoms with Crippen LogP contribution in [0.15, 0.2) is 0 Å². The van der Waals surface area contributed by atoms with E-state index in [1.54, 1.807) is 13.8 Å². The maximum absolute atomic E-state index is 11.5. The summed E-state index contributed by atoms with van der Waals surface area (Å²) in [4.78, 5) is 11.4. The molecule has 14 heavy (non-hydrogen) atoms. The molecular formula is C8H16N2O3S. The van der Waals surface area contributed by atoms with Crippen LogP contribution in [0.25, 0.3) is 0 Å². The third-order valence-electron chi connectivity index (χ3n) is 1.96. The number of carbonyl (C=O) groups excluding carboxylic acids is 1. The van der Waals surface area contributed by atoms with Crippen molar-refractivity contribution in [3.8, 4) is 0 Å². The van der Waals surface area contributed by atoms with E-state index >= 15 is 0 Å². The number of hydrogen-bond donors (Lipinski definition) is 1. The zero-order valence-corrected chi connectivity index (χ0v) is 9.30. The maximum atomic E-state index is 11.5. The highest BCUT2D eigenvalue weighted by molar-refractivity contribution is 7.89.